The topological polar surface area (TPSA) is 57.9 Å². The molecule has 1 aromatic heterocycles. The van der Waals surface area contributed by atoms with Gasteiger partial charge in [0.25, 0.3) is 0 Å². The Bertz CT molecular complexity index is 707. The zero-order valence-electron chi connectivity index (χ0n) is 15.6. The number of aliphatic imine (C=N–C) groups is 1. The van der Waals surface area contributed by atoms with Crippen molar-refractivity contribution in [2.75, 3.05) is 45.2 Å². The molecule has 2 aromatic rings. The summed E-state index contributed by atoms with van der Waals surface area (Å²) in [5.41, 5.74) is 2.39. The van der Waals surface area contributed by atoms with Crippen LogP contribution in [0.15, 0.2) is 41.7 Å². The molecule has 0 aliphatic carbocycles. The number of guanidine groups is 1. The number of aromatic nitrogens is 2. The fourth-order valence-corrected chi connectivity index (χ4v) is 3.05. The van der Waals surface area contributed by atoms with Crippen LogP contribution in [0.3, 0.4) is 0 Å². The second-order valence-electron chi connectivity index (χ2n) is 6.10. The van der Waals surface area contributed by atoms with E-state index in [0.717, 1.165) is 50.0 Å². The normalized spacial score (nSPS) is 14.8. The first-order valence-corrected chi connectivity index (χ1v) is 8.51. The van der Waals surface area contributed by atoms with E-state index in [0.29, 0.717) is 0 Å². The second kappa shape index (κ2) is 9.65. The molecule has 2 heterocycles. The van der Waals surface area contributed by atoms with E-state index in [1.807, 2.05) is 43.3 Å². The fourth-order valence-electron chi connectivity index (χ4n) is 3.05. The number of methoxy groups -OCH3 is 1. The number of hydrogen-bond donors (Lipinski definition) is 1. The van der Waals surface area contributed by atoms with Gasteiger partial charge in [-0.1, -0.05) is 0 Å². The number of anilines is 1. The Morgan fingerprint density at radius 2 is 1.88 bits per heavy atom. The van der Waals surface area contributed by atoms with Gasteiger partial charge in [0.05, 0.1) is 13.3 Å². The predicted octanol–water partition coefficient (Wildman–Crippen LogP) is 1.94. The Morgan fingerprint density at radius 1 is 1.19 bits per heavy atom. The molecule has 1 saturated heterocycles. The van der Waals surface area contributed by atoms with Crippen LogP contribution in [-0.4, -0.2) is 61.0 Å². The molecule has 3 rings (SSSR count). The summed E-state index contributed by atoms with van der Waals surface area (Å²) in [6, 6.07) is 8.25. The van der Waals surface area contributed by atoms with Crippen LogP contribution in [-0.2, 0) is 13.6 Å². The van der Waals surface area contributed by atoms with Gasteiger partial charge in [0.15, 0.2) is 5.96 Å². The van der Waals surface area contributed by atoms with E-state index in [9.17, 15) is 0 Å². The molecule has 26 heavy (non-hydrogen) atoms. The number of aryl methyl sites for hydroxylation is 1. The highest BCUT2D eigenvalue weighted by Gasteiger charge is 2.19. The highest BCUT2D eigenvalue weighted by molar-refractivity contribution is 14.0. The Hall–Kier alpha value is -1.97. The van der Waals surface area contributed by atoms with Gasteiger partial charge < -0.3 is 19.9 Å². The molecule has 0 radical (unpaired) electrons. The van der Waals surface area contributed by atoms with Gasteiger partial charge in [-0.15, -0.1) is 24.0 Å². The lowest BCUT2D eigenvalue weighted by Crippen LogP contribution is -2.52. The lowest BCUT2D eigenvalue weighted by Gasteiger charge is -2.37. The summed E-state index contributed by atoms with van der Waals surface area (Å²) in [5, 5.41) is 7.62. The van der Waals surface area contributed by atoms with Crippen LogP contribution in [0.1, 0.15) is 5.56 Å². The van der Waals surface area contributed by atoms with Gasteiger partial charge in [-0.2, -0.15) is 5.10 Å². The maximum atomic E-state index is 5.23. The summed E-state index contributed by atoms with van der Waals surface area (Å²) in [5.74, 6) is 1.83. The number of ether oxygens (including phenoxy) is 1. The van der Waals surface area contributed by atoms with E-state index < -0.39 is 0 Å². The SMILES string of the molecule is CN=C(NCc1cnn(C)c1)N1CCN(c2ccc(OC)cc2)CC1.I. The minimum Gasteiger partial charge on any atom is -0.497 e. The van der Waals surface area contributed by atoms with Crippen LogP contribution < -0.4 is 15.0 Å². The van der Waals surface area contributed by atoms with Crippen molar-refractivity contribution in [3.8, 4) is 5.75 Å². The molecular formula is C18H27IN6O. The molecule has 0 unspecified atom stereocenters. The third-order valence-electron chi connectivity index (χ3n) is 4.44. The third-order valence-corrected chi connectivity index (χ3v) is 4.44. The summed E-state index contributed by atoms with van der Waals surface area (Å²) < 4.78 is 7.04. The first-order chi connectivity index (χ1) is 12.2. The standard InChI is InChI=1S/C18H26N6O.HI/c1-19-18(20-12-15-13-21-22(2)14-15)24-10-8-23(9-11-24)16-4-6-17(25-3)7-5-16;/h4-7,13-14H,8-12H2,1-3H3,(H,19,20);1H. The average Bonchev–Trinajstić information content (AvgIpc) is 3.08. The third kappa shape index (κ3) is 5.03. The van der Waals surface area contributed by atoms with Crippen molar-refractivity contribution in [1.82, 2.24) is 20.0 Å². The van der Waals surface area contributed by atoms with E-state index >= 15 is 0 Å². The van der Waals surface area contributed by atoms with Crippen molar-refractivity contribution in [3.63, 3.8) is 0 Å². The van der Waals surface area contributed by atoms with E-state index in [1.54, 1.807) is 7.11 Å². The van der Waals surface area contributed by atoms with Crippen LogP contribution in [0.2, 0.25) is 0 Å². The minimum atomic E-state index is 0. The van der Waals surface area contributed by atoms with Gasteiger partial charge in [-0.25, -0.2) is 0 Å². The Balaban J connectivity index is 0.00000243. The molecule has 1 aliphatic rings. The van der Waals surface area contributed by atoms with Gasteiger partial charge in [-0.05, 0) is 24.3 Å². The molecule has 1 aliphatic heterocycles. The second-order valence-corrected chi connectivity index (χ2v) is 6.10. The maximum Gasteiger partial charge on any atom is 0.194 e. The van der Waals surface area contributed by atoms with Crippen molar-refractivity contribution < 1.29 is 4.74 Å². The van der Waals surface area contributed by atoms with Crippen molar-refractivity contribution in [2.45, 2.75) is 6.54 Å². The van der Waals surface area contributed by atoms with E-state index in [2.05, 4.69) is 37.3 Å². The van der Waals surface area contributed by atoms with E-state index in [4.69, 9.17) is 4.74 Å². The van der Waals surface area contributed by atoms with Crippen LogP contribution in [0.5, 0.6) is 5.75 Å². The Kier molecular flexibility index (Phi) is 7.55. The molecule has 8 heteroatoms. The molecular weight excluding hydrogens is 443 g/mol. The van der Waals surface area contributed by atoms with E-state index in [-0.39, 0.29) is 24.0 Å². The van der Waals surface area contributed by atoms with Crippen molar-refractivity contribution in [2.24, 2.45) is 12.0 Å². The molecule has 0 atom stereocenters. The largest absolute Gasteiger partial charge is 0.497 e. The summed E-state index contributed by atoms with van der Waals surface area (Å²) >= 11 is 0. The van der Waals surface area contributed by atoms with Crippen molar-refractivity contribution in [3.05, 3.63) is 42.2 Å². The zero-order chi connectivity index (χ0) is 17.6. The van der Waals surface area contributed by atoms with Crippen LogP contribution in [0, 0.1) is 0 Å². The van der Waals surface area contributed by atoms with Crippen LogP contribution >= 0.6 is 24.0 Å². The van der Waals surface area contributed by atoms with Crippen LogP contribution in [0.4, 0.5) is 5.69 Å². The molecule has 0 amide bonds. The van der Waals surface area contributed by atoms with Gasteiger partial charge in [0.2, 0.25) is 0 Å². The molecule has 0 saturated carbocycles. The minimum absolute atomic E-state index is 0. The average molecular weight is 470 g/mol. The van der Waals surface area contributed by atoms with Gasteiger partial charge >= 0.3 is 0 Å². The number of nitrogens with zero attached hydrogens (tertiary/aromatic N) is 5. The molecule has 0 spiro atoms. The zero-order valence-corrected chi connectivity index (χ0v) is 17.9. The Labute approximate surface area is 172 Å². The van der Waals surface area contributed by atoms with Gasteiger partial charge in [-0.3, -0.25) is 9.67 Å². The summed E-state index contributed by atoms with van der Waals surface area (Å²) in [6.07, 6.45) is 3.89. The lowest BCUT2D eigenvalue weighted by molar-refractivity contribution is 0.372. The number of halogens is 1. The Morgan fingerprint density at radius 3 is 2.42 bits per heavy atom. The number of piperazine rings is 1. The first-order valence-electron chi connectivity index (χ1n) is 8.51. The monoisotopic (exact) mass is 470 g/mol. The quantitative estimate of drug-likeness (QED) is 0.421. The molecule has 1 N–H and O–H groups in total. The first kappa shape index (κ1) is 20.3. The predicted molar refractivity (Wildman–Crippen MR) is 116 cm³/mol. The molecule has 0 bridgehead atoms. The number of nitrogens with one attached hydrogen (secondary N) is 1. The molecule has 1 aromatic carbocycles. The fraction of sp³-hybridized carbons (Fsp3) is 0.444. The van der Waals surface area contributed by atoms with Crippen molar-refractivity contribution >= 4 is 35.6 Å². The lowest BCUT2D eigenvalue weighted by atomic mass is 10.2. The number of benzene rings is 1. The van der Waals surface area contributed by atoms with Gasteiger partial charge in [0, 0.05) is 64.3 Å². The van der Waals surface area contributed by atoms with Crippen molar-refractivity contribution in [1.29, 1.82) is 0 Å². The van der Waals surface area contributed by atoms with E-state index in [1.165, 1.54) is 5.69 Å². The van der Waals surface area contributed by atoms with Crippen LogP contribution in [0.25, 0.3) is 0 Å². The smallest absolute Gasteiger partial charge is 0.194 e. The molecule has 7 nitrogen and oxygen atoms in total. The summed E-state index contributed by atoms with van der Waals surface area (Å²) in [6.45, 7) is 4.57. The number of rotatable bonds is 4. The van der Waals surface area contributed by atoms with Gasteiger partial charge in [0.1, 0.15) is 5.75 Å². The number of hydrogen-bond acceptors (Lipinski definition) is 4. The summed E-state index contributed by atoms with van der Waals surface area (Å²) in [4.78, 5) is 9.12. The highest BCUT2D eigenvalue weighted by Crippen LogP contribution is 2.20. The maximum absolute atomic E-state index is 5.23. The highest BCUT2D eigenvalue weighted by atomic mass is 127. The molecule has 142 valence electrons. The molecule has 1 fully saturated rings. The summed E-state index contributed by atoms with van der Waals surface area (Å²) in [7, 11) is 5.45.